The van der Waals surface area contributed by atoms with E-state index in [0.29, 0.717) is 21.5 Å². The lowest BCUT2D eigenvalue weighted by Gasteiger charge is -1.99. The van der Waals surface area contributed by atoms with E-state index >= 15 is 0 Å². The van der Waals surface area contributed by atoms with Gasteiger partial charge in [-0.15, -0.1) is 0 Å². The highest BCUT2D eigenvalue weighted by Crippen LogP contribution is 2.25. The lowest BCUT2D eigenvalue weighted by Crippen LogP contribution is -1.96. The molecule has 100 valence electrons. The van der Waals surface area contributed by atoms with Crippen molar-refractivity contribution in [3.8, 4) is 11.4 Å². The molecule has 0 aliphatic carbocycles. The Morgan fingerprint density at radius 2 is 2.15 bits per heavy atom. The van der Waals surface area contributed by atoms with Gasteiger partial charge in [0.05, 0.1) is 16.6 Å². The van der Waals surface area contributed by atoms with Crippen LogP contribution >= 0.6 is 15.9 Å². The third kappa shape index (κ3) is 2.16. The first kappa shape index (κ1) is 12.7. The minimum absolute atomic E-state index is 0.0439. The lowest BCUT2D eigenvalue weighted by atomic mass is 10.2. The number of fused-ring (bicyclic) bond motifs is 1. The number of hydrogen-bond donors (Lipinski definition) is 2. The summed E-state index contributed by atoms with van der Waals surface area (Å²) >= 11 is 3.27. The summed E-state index contributed by atoms with van der Waals surface area (Å²) in [6.45, 7) is 0. The number of aromatic nitrogens is 3. The molecule has 0 aliphatic rings. The first-order chi connectivity index (χ1) is 9.54. The maximum Gasteiger partial charge on any atom is 0.337 e. The molecule has 2 aromatic heterocycles. The van der Waals surface area contributed by atoms with Crippen molar-refractivity contribution in [2.75, 3.05) is 0 Å². The van der Waals surface area contributed by atoms with E-state index in [2.05, 4.69) is 30.9 Å². The van der Waals surface area contributed by atoms with Crippen LogP contribution < -0.4 is 0 Å². The average Bonchev–Trinajstić information content (AvgIpc) is 2.83. The van der Waals surface area contributed by atoms with Crippen LogP contribution in [0.3, 0.4) is 0 Å². The quantitative estimate of drug-likeness (QED) is 0.753. The second-order valence-electron chi connectivity index (χ2n) is 4.11. The van der Waals surface area contributed by atoms with Gasteiger partial charge in [-0.05, 0) is 24.3 Å². The van der Waals surface area contributed by atoms with Crippen LogP contribution in [0.2, 0.25) is 0 Å². The number of H-pyrrole nitrogens is 1. The molecule has 0 aliphatic heterocycles. The number of halogens is 2. The van der Waals surface area contributed by atoms with Gasteiger partial charge in [0.2, 0.25) is 0 Å². The summed E-state index contributed by atoms with van der Waals surface area (Å²) in [5.74, 6) is -1.20. The number of imidazole rings is 1. The summed E-state index contributed by atoms with van der Waals surface area (Å²) in [7, 11) is 0. The van der Waals surface area contributed by atoms with Crippen LogP contribution in [0, 0.1) is 5.82 Å². The zero-order chi connectivity index (χ0) is 14.3. The third-order valence-electron chi connectivity index (χ3n) is 2.77. The van der Waals surface area contributed by atoms with E-state index in [1.165, 1.54) is 18.3 Å². The van der Waals surface area contributed by atoms with E-state index in [1.54, 1.807) is 12.1 Å². The molecule has 0 saturated heterocycles. The molecule has 3 aromatic rings. The van der Waals surface area contributed by atoms with Gasteiger partial charge in [0.1, 0.15) is 11.6 Å². The highest BCUT2D eigenvalue weighted by molar-refractivity contribution is 9.10. The van der Waals surface area contributed by atoms with Gasteiger partial charge in [-0.25, -0.2) is 19.2 Å². The van der Waals surface area contributed by atoms with Crippen molar-refractivity contribution in [2.45, 2.75) is 0 Å². The predicted molar refractivity (Wildman–Crippen MR) is 73.9 cm³/mol. The Morgan fingerprint density at radius 3 is 2.90 bits per heavy atom. The number of rotatable bonds is 2. The van der Waals surface area contributed by atoms with Crippen LogP contribution in [-0.2, 0) is 0 Å². The van der Waals surface area contributed by atoms with Gasteiger partial charge >= 0.3 is 5.97 Å². The van der Waals surface area contributed by atoms with E-state index in [1.807, 2.05) is 0 Å². The summed E-state index contributed by atoms with van der Waals surface area (Å²) in [4.78, 5) is 21.9. The van der Waals surface area contributed by atoms with Crippen LogP contribution in [-0.4, -0.2) is 26.0 Å². The average molecular weight is 336 g/mol. The molecule has 0 bridgehead atoms. The lowest BCUT2D eigenvalue weighted by molar-refractivity contribution is 0.0696. The van der Waals surface area contributed by atoms with Gasteiger partial charge in [-0.1, -0.05) is 15.9 Å². The molecule has 0 fully saturated rings. The zero-order valence-corrected chi connectivity index (χ0v) is 11.5. The number of aromatic carboxylic acids is 1. The van der Waals surface area contributed by atoms with Crippen LogP contribution in [0.25, 0.3) is 22.6 Å². The minimum Gasteiger partial charge on any atom is -0.478 e. The Kier molecular flexibility index (Phi) is 2.98. The van der Waals surface area contributed by atoms with E-state index < -0.39 is 11.8 Å². The van der Waals surface area contributed by atoms with Crippen molar-refractivity contribution < 1.29 is 14.3 Å². The maximum atomic E-state index is 13.8. The van der Waals surface area contributed by atoms with Crippen LogP contribution in [0.5, 0.6) is 0 Å². The molecule has 1 aromatic carbocycles. The van der Waals surface area contributed by atoms with E-state index in [4.69, 9.17) is 5.11 Å². The molecule has 2 N–H and O–H groups in total. The highest BCUT2D eigenvalue weighted by Gasteiger charge is 2.13. The smallest absolute Gasteiger partial charge is 0.337 e. The molecule has 7 heteroatoms. The number of aromatic amines is 1. The van der Waals surface area contributed by atoms with E-state index in [0.717, 1.165) is 0 Å². The standard InChI is InChI=1S/C13H7BrFN3O2/c14-7-1-2-9(15)8(4-7)11-17-10-3-6(13(19)20)5-16-12(10)18-11/h1-5H,(H,19,20)(H,16,17,18). The summed E-state index contributed by atoms with van der Waals surface area (Å²) in [5, 5.41) is 8.91. The number of pyridine rings is 1. The number of nitrogens with one attached hydrogen (secondary N) is 1. The monoisotopic (exact) mass is 335 g/mol. The van der Waals surface area contributed by atoms with Crippen molar-refractivity contribution >= 4 is 33.1 Å². The number of carboxylic acid groups (broad SMARTS) is 1. The van der Waals surface area contributed by atoms with Gasteiger partial charge < -0.3 is 10.1 Å². The van der Waals surface area contributed by atoms with Crippen LogP contribution in [0.4, 0.5) is 4.39 Å². The molecule has 2 heterocycles. The molecule has 0 spiro atoms. The molecule has 5 nitrogen and oxygen atoms in total. The fourth-order valence-corrected chi connectivity index (χ4v) is 2.18. The summed E-state index contributed by atoms with van der Waals surface area (Å²) in [5.41, 5.74) is 1.11. The number of benzene rings is 1. The van der Waals surface area contributed by atoms with Crippen molar-refractivity contribution in [3.63, 3.8) is 0 Å². The second-order valence-corrected chi connectivity index (χ2v) is 5.03. The first-order valence-electron chi connectivity index (χ1n) is 5.59. The van der Waals surface area contributed by atoms with Gasteiger partial charge in [0.25, 0.3) is 0 Å². The molecule has 0 amide bonds. The molecule has 0 radical (unpaired) electrons. The summed E-state index contributed by atoms with van der Waals surface area (Å²) in [6.07, 6.45) is 1.21. The van der Waals surface area contributed by atoms with Gasteiger partial charge in [-0.3, -0.25) is 0 Å². The Morgan fingerprint density at radius 1 is 1.35 bits per heavy atom. The molecule has 0 saturated carbocycles. The van der Waals surface area contributed by atoms with Crippen molar-refractivity contribution in [1.82, 2.24) is 15.0 Å². The highest BCUT2D eigenvalue weighted by atomic mass is 79.9. The van der Waals surface area contributed by atoms with E-state index in [9.17, 15) is 9.18 Å². The maximum absolute atomic E-state index is 13.8. The predicted octanol–water partition coefficient (Wildman–Crippen LogP) is 3.22. The Labute approximate surface area is 120 Å². The largest absolute Gasteiger partial charge is 0.478 e. The van der Waals surface area contributed by atoms with Gasteiger partial charge in [0.15, 0.2) is 5.65 Å². The fraction of sp³-hybridized carbons (Fsp3) is 0. The first-order valence-corrected chi connectivity index (χ1v) is 6.38. The third-order valence-corrected chi connectivity index (χ3v) is 3.26. The molecule has 3 rings (SSSR count). The number of hydrogen-bond acceptors (Lipinski definition) is 3. The Hall–Kier alpha value is -2.28. The number of carboxylic acids is 1. The number of carbonyl (C=O) groups is 1. The minimum atomic E-state index is -1.08. The SMILES string of the molecule is O=C(O)c1cnc2nc(-c3cc(Br)ccc3F)[nH]c2c1. The van der Waals surface area contributed by atoms with Gasteiger partial charge in [0, 0.05) is 10.7 Å². The van der Waals surface area contributed by atoms with Crippen molar-refractivity contribution in [1.29, 1.82) is 0 Å². The fourth-order valence-electron chi connectivity index (χ4n) is 1.82. The molecular weight excluding hydrogens is 329 g/mol. The van der Waals surface area contributed by atoms with E-state index in [-0.39, 0.29) is 11.1 Å². The Bertz CT molecular complexity index is 832. The van der Waals surface area contributed by atoms with Crippen molar-refractivity contribution in [2.24, 2.45) is 0 Å². The molecule has 0 atom stereocenters. The zero-order valence-electron chi connectivity index (χ0n) is 9.89. The molecular formula is C13H7BrFN3O2. The normalized spacial score (nSPS) is 10.9. The van der Waals surface area contributed by atoms with Crippen molar-refractivity contribution in [3.05, 3.63) is 46.3 Å². The number of nitrogens with zero attached hydrogens (tertiary/aromatic N) is 2. The summed E-state index contributed by atoms with van der Waals surface area (Å²) in [6, 6.07) is 5.91. The second kappa shape index (κ2) is 4.68. The van der Waals surface area contributed by atoms with Crippen LogP contribution in [0.15, 0.2) is 34.9 Å². The molecule has 0 unspecified atom stereocenters. The topological polar surface area (TPSA) is 78.9 Å². The van der Waals surface area contributed by atoms with Crippen LogP contribution in [0.1, 0.15) is 10.4 Å². The summed E-state index contributed by atoms with van der Waals surface area (Å²) < 4.78 is 14.5. The Balaban J connectivity index is 2.17. The molecule has 20 heavy (non-hydrogen) atoms. The van der Waals surface area contributed by atoms with Gasteiger partial charge in [-0.2, -0.15) is 0 Å².